The van der Waals surface area contributed by atoms with Crippen molar-refractivity contribution in [3.05, 3.63) is 48.3 Å². The van der Waals surface area contributed by atoms with E-state index in [0.29, 0.717) is 19.4 Å². The van der Waals surface area contributed by atoms with Gasteiger partial charge in [0.25, 0.3) is 5.91 Å². The third-order valence-corrected chi connectivity index (χ3v) is 3.53. The van der Waals surface area contributed by atoms with Gasteiger partial charge < -0.3 is 19.1 Å². The largest absolute Gasteiger partial charge is 0.467 e. The molecule has 0 radical (unpaired) electrons. The van der Waals surface area contributed by atoms with E-state index in [1.54, 1.807) is 36.4 Å². The normalized spacial score (nSPS) is 11.9. The minimum atomic E-state index is -0.269. The van der Waals surface area contributed by atoms with Crippen LogP contribution in [0.15, 0.2) is 45.6 Å². The Morgan fingerprint density at radius 1 is 1.23 bits per heavy atom. The third-order valence-electron chi connectivity index (χ3n) is 3.53. The fourth-order valence-electron chi connectivity index (χ4n) is 2.05. The maximum absolute atomic E-state index is 12.1. The summed E-state index contributed by atoms with van der Waals surface area (Å²) in [5, 5.41) is 2.71. The SMILES string of the molecule is CC(c1ccco1)N(C)C(=O)CCCNC(=O)c1ccco1. The van der Waals surface area contributed by atoms with Gasteiger partial charge >= 0.3 is 0 Å². The molecule has 0 aliphatic heterocycles. The number of nitrogens with one attached hydrogen (secondary N) is 1. The summed E-state index contributed by atoms with van der Waals surface area (Å²) in [6.07, 6.45) is 3.97. The molecule has 22 heavy (non-hydrogen) atoms. The molecule has 2 amide bonds. The van der Waals surface area contributed by atoms with Crippen LogP contribution in [0.5, 0.6) is 0 Å². The summed E-state index contributed by atoms with van der Waals surface area (Å²) in [6.45, 7) is 2.34. The topological polar surface area (TPSA) is 75.7 Å². The zero-order valence-corrected chi connectivity index (χ0v) is 12.7. The second-order valence-electron chi connectivity index (χ2n) is 5.03. The van der Waals surface area contributed by atoms with Crippen LogP contribution in [0, 0.1) is 0 Å². The lowest BCUT2D eigenvalue weighted by Crippen LogP contribution is -2.30. The maximum atomic E-state index is 12.1. The van der Waals surface area contributed by atoms with Gasteiger partial charge in [0.1, 0.15) is 5.76 Å². The Morgan fingerprint density at radius 2 is 1.95 bits per heavy atom. The zero-order valence-electron chi connectivity index (χ0n) is 12.7. The molecule has 0 bridgehead atoms. The Hall–Kier alpha value is -2.50. The average molecular weight is 304 g/mol. The van der Waals surface area contributed by atoms with Crippen LogP contribution >= 0.6 is 0 Å². The highest BCUT2D eigenvalue weighted by Gasteiger charge is 2.19. The highest BCUT2D eigenvalue weighted by molar-refractivity contribution is 5.91. The molecule has 0 aliphatic rings. The molecule has 6 heteroatoms. The Bertz CT molecular complexity index is 590. The summed E-state index contributed by atoms with van der Waals surface area (Å²) >= 11 is 0. The van der Waals surface area contributed by atoms with Crippen LogP contribution in [0.1, 0.15) is 42.1 Å². The molecule has 1 atom stereocenters. The van der Waals surface area contributed by atoms with Crippen LogP contribution in [0.3, 0.4) is 0 Å². The van der Waals surface area contributed by atoms with Gasteiger partial charge in [-0.25, -0.2) is 0 Å². The van der Waals surface area contributed by atoms with Crippen LogP contribution in [-0.2, 0) is 4.79 Å². The monoisotopic (exact) mass is 304 g/mol. The van der Waals surface area contributed by atoms with Gasteiger partial charge in [0.15, 0.2) is 5.76 Å². The molecule has 0 saturated carbocycles. The smallest absolute Gasteiger partial charge is 0.286 e. The summed E-state index contributed by atoms with van der Waals surface area (Å²) in [7, 11) is 1.75. The van der Waals surface area contributed by atoms with Gasteiger partial charge in [-0.1, -0.05) is 0 Å². The molecule has 2 aromatic heterocycles. The lowest BCUT2D eigenvalue weighted by molar-refractivity contribution is -0.132. The molecule has 0 spiro atoms. The molecule has 6 nitrogen and oxygen atoms in total. The summed E-state index contributed by atoms with van der Waals surface area (Å²) in [5.74, 6) is 0.766. The predicted molar refractivity (Wildman–Crippen MR) is 80.2 cm³/mol. The summed E-state index contributed by atoms with van der Waals surface area (Å²) in [6, 6.07) is 6.79. The molecule has 0 fully saturated rings. The van der Waals surface area contributed by atoms with Crippen molar-refractivity contribution in [2.45, 2.75) is 25.8 Å². The standard InChI is InChI=1S/C16H20N2O4/c1-12(13-6-4-10-21-13)18(2)15(19)8-3-9-17-16(20)14-7-5-11-22-14/h4-7,10-12H,3,8-9H2,1-2H3,(H,17,20). The Balaban J connectivity index is 1.70. The number of carbonyl (C=O) groups is 2. The van der Waals surface area contributed by atoms with E-state index in [1.807, 2.05) is 13.0 Å². The van der Waals surface area contributed by atoms with Crippen LogP contribution in [0.2, 0.25) is 0 Å². The van der Waals surface area contributed by atoms with Crippen molar-refractivity contribution in [3.63, 3.8) is 0 Å². The number of furan rings is 2. The second-order valence-corrected chi connectivity index (χ2v) is 5.03. The number of nitrogens with zero attached hydrogens (tertiary/aromatic N) is 1. The second kappa shape index (κ2) is 7.49. The van der Waals surface area contributed by atoms with Crippen LogP contribution in [0.4, 0.5) is 0 Å². The van der Waals surface area contributed by atoms with Crippen molar-refractivity contribution < 1.29 is 18.4 Å². The highest BCUT2D eigenvalue weighted by Crippen LogP contribution is 2.19. The number of hydrogen-bond acceptors (Lipinski definition) is 4. The molecule has 0 aromatic carbocycles. The first kappa shape index (κ1) is 15.9. The molecule has 1 unspecified atom stereocenters. The summed E-state index contributed by atoms with van der Waals surface area (Å²) < 4.78 is 10.3. The number of hydrogen-bond donors (Lipinski definition) is 1. The first-order chi connectivity index (χ1) is 10.6. The Labute approximate surface area is 129 Å². The molecule has 118 valence electrons. The third kappa shape index (κ3) is 4.00. The van der Waals surface area contributed by atoms with Crippen molar-refractivity contribution in [1.29, 1.82) is 0 Å². The molecule has 0 saturated heterocycles. The predicted octanol–water partition coefficient (Wildman–Crippen LogP) is 2.60. The van der Waals surface area contributed by atoms with E-state index in [9.17, 15) is 9.59 Å². The molecule has 0 aliphatic carbocycles. The minimum absolute atomic E-state index is 0.0103. The van der Waals surface area contributed by atoms with Crippen molar-refractivity contribution in [1.82, 2.24) is 10.2 Å². The number of amides is 2. The molecular formula is C16H20N2O4. The van der Waals surface area contributed by atoms with Gasteiger partial charge in [0, 0.05) is 20.0 Å². The fraction of sp³-hybridized carbons (Fsp3) is 0.375. The van der Waals surface area contributed by atoms with Crippen LogP contribution in [0.25, 0.3) is 0 Å². The molecule has 2 rings (SSSR count). The fourth-order valence-corrected chi connectivity index (χ4v) is 2.05. The lowest BCUT2D eigenvalue weighted by Gasteiger charge is -2.23. The van der Waals surface area contributed by atoms with E-state index in [4.69, 9.17) is 8.83 Å². The van der Waals surface area contributed by atoms with Gasteiger partial charge in [0.2, 0.25) is 5.91 Å². The molecule has 2 heterocycles. The van der Waals surface area contributed by atoms with Crippen molar-refractivity contribution in [2.24, 2.45) is 0 Å². The van der Waals surface area contributed by atoms with Crippen molar-refractivity contribution in [3.8, 4) is 0 Å². The van der Waals surface area contributed by atoms with E-state index in [-0.39, 0.29) is 23.6 Å². The lowest BCUT2D eigenvalue weighted by atomic mass is 10.2. The van der Waals surface area contributed by atoms with E-state index < -0.39 is 0 Å². The first-order valence-corrected chi connectivity index (χ1v) is 7.20. The first-order valence-electron chi connectivity index (χ1n) is 7.20. The van der Waals surface area contributed by atoms with E-state index in [0.717, 1.165) is 5.76 Å². The van der Waals surface area contributed by atoms with Gasteiger partial charge in [-0.05, 0) is 37.6 Å². The van der Waals surface area contributed by atoms with Crippen LogP contribution in [-0.4, -0.2) is 30.3 Å². The van der Waals surface area contributed by atoms with Gasteiger partial charge in [0.05, 0.1) is 18.6 Å². The van der Waals surface area contributed by atoms with Gasteiger partial charge in [-0.3, -0.25) is 9.59 Å². The van der Waals surface area contributed by atoms with Crippen molar-refractivity contribution in [2.75, 3.05) is 13.6 Å². The van der Waals surface area contributed by atoms with Gasteiger partial charge in [-0.2, -0.15) is 0 Å². The zero-order chi connectivity index (χ0) is 15.9. The molecular weight excluding hydrogens is 284 g/mol. The van der Waals surface area contributed by atoms with E-state index >= 15 is 0 Å². The number of carbonyl (C=O) groups excluding carboxylic acids is 2. The highest BCUT2D eigenvalue weighted by atomic mass is 16.3. The average Bonchev–Trinajstić information content (AvgIpc) is 3.22. The summed E-state index contributed by atoms with van der Waals surface area (Å²) in [4.78, 5) is 25.4. The minimum Gasteiger partial charge on any atom is -0.467 e. The van der Waals surface area contributed by atoms with E-state index in [2.05, 4.69) is 5.32 Å². The molecule has 2 aromatic rings. The van der Waals surface area contributed by atoms with Crippen molar-refractivity contribution >= 4 is 11.8 Å². The Kier molecular flexibility index (Phi) is 5.41. The number of rotatable bonds is 7. The summed E-state index contributed by atoms with van der Waals surface area (Å²) in [5.41, 5.74) is 0. The Morgan fingerprint density at radius 3 is 2.59 bits per heavy atom. The van der Waals surface area contributed by atoms with E-state index in [1.165, 1.54) is 6.26 Å². The van der Waals surface area contributed by atoms with Crippen LogP contribution < -0.4 is 5.32 Å². The van der Waals surface area contributed by atoms with Gasteiger partial charge in [-0.15, -0.1) is 0 Å². The maximum Gasteiger partial charge on any atom is 0.286 e. The molecule has 1 N–H and O–H groups in total. The quantitative estimate of drug-likeness (QED) is 0.798.